The molecule has 3 N–H and O–H groups in total. The summed E-state index contributed by atoms with van der Waals surface area (Å²) < 4.78 is 24.2. The normalized spacial score (nSPS) is 46.7. The summed E-state index contributed by atoms with van der Waals surface area (Å²) in [6.07, 6.45) is 9.67. The fraction of sp³-hybridized carbons (Fsp3) is 0.950. The number of unbranched alkanes of at least 4 members (excludes halogenated alkanes) is 1. The van der Waals surface area contributed by atoms with E-state index in [1.54, 1.807) is 0 Å². The summed E-state index contributed by atoms with van der Waals surface area (Å²) in [6, 6.07) is -1.05. The van der Waals surface area contributed by atoms with Crippen LogP contribution in [0.15, 0.2) is 22.0 Å². The van der Waals surface area contributed by atoms with Crippen LogP contribution in [0.3, 0.4) is 0 Å². The molecule has 290 valence electrons. The van der Waals surface area contributed by atoms with Crippen LogP contribution < -0.4 is 0 Å². The highest BCUT2D eigenvalue weighted by Gasteiger charge is 2.67. The molecule has 5 fully saturated rings. The minimum atomic E-state index is -1.05. The van der Waals surface area contributed by atoms with Gasteiger partial charge in [-0.25, -0.2) is 0 Å². The third-order valence-electron chi connectivity index (χ3n) is 15.5. The second-order valence-electron chi connectivity index (χ2n) is 19.2. The topological polar surface area (TPSA) is 156 Å². The Kier molecular flexibility index (Phi) is 11.4. The van der Waals surface area contributed by atoms with Gasteiger partial charge in [0.2, 0.25) is 0 Å². The molecule has 6 aliphatic rings. The van der Waals surface area contributed by atoms with Crippen LogP contribution in [0.4, 0.5) is 0 Å². The molecule has 0 aromatic heterocycles. The smallest absolute Gasteiger partial charge is 0.186 e. The number of ether oxygens (including phenoxy) is 4. The van der Waals surface area contributed by atoms with Gasteiger partial charge in [0.1, 0.15) is 6.10 Å². The van der Waals surface area contributed by atoms with Gasteiger partial charge in [-0.05, 0) is 106 Å². The summed E-state index contributed by atoms with van der Waals surface area (Å²) >= 11 is 0. The van der Waals surface area contributed by atoms with E-state index in [2.05, 4.69) is 51.0 Å². The first-order valence-corrected chi connectivity index (χ1v) is 19.9. The van der Waals surface area contributed by atoms with E-state index >= 15 is 0 Å². The van der Waals surface area contributed by atoms with Crippen LogP contribution in [0.5, 0.6) is 0 Å². The SMILES string of the molecule is CC(C)(CCCCC1CC[C@@]2(C)C3CC=C4C(CC[C@H](O[C@@H]5O[C@H](CO[C@H]6OC[C@@H](O)C[C@H]6O)C[C@H](O)[C@H]5N=O)C4(C)C)[C@]3(C)CC[C@]12C)N=O. The van der Waals surface area contributed by atoms with Crippen LogP contribution in [0.25, 0.3) is 0 Å². The van der Waals surface area contributed by atoms with Gasteiger partial charge in [-0.2, -0.15) is 9.81 Å². The van der Waals surface area contributed by atoms with Gasteiger partial charge in [-0.1, -0.05) is 69.5 Å². The maximum absolute atomic E-state index is 12.0. The molecule has 11 nitrogen and oxygen atoms in total. The number of allylic oxidation sites excluding steroid dienone is 1. The molecule has 3 saturated carbocycles. The summed E-state index contributed by atoms with van der Waals surface area (Å²) in [5.41, 5.74) is 1.48. The van der Waals surface area contributed by atoms with Crippen molar-refractivity contribution in [3.8, 4) is 0 Å². The van der Waals surface area contributed by atoms with Gasteiger partial charge in [0.15, 0.2) is 18.6 Å². The average Bonchev–Trinajstić information content (AvgIpc) is 3.33. The predicted octanol–water partition coefficient (Wildman–Crippen LogP) is 7.18. The monoisotopic (exact) mass is 718 g/mol. The summed E-state index contributed by atoms with van der Waals surface area (Å²) in [5.74, 6) is 1.80. The lowest BCUT2D eigenvalue weighted by atomic mass is 9.39. The summed E-state index contributed by atoms with van der Waals surface area (Å²) in [6.45, 7) is 16.3. The van der Waals surface area contributed by atoms with Gasteiger partial charge in [-0.3, -0.25) is 0 Å². The molecule has 14 atom stereocenters. The third kappa shape index (κ3) is 7.16. The summed E-state index contributed by atoms with van der Waals surface area (Å²) in [7, 11) is 0. The molecule has 0 amide bonds. The van der Waals surface area contributed by atoms with E-state index in [0.717, 1.165) is 38.0 Å². The summed E-state index contributed by atoms with van der Waals surface area (Å²) in [5, 5.41) is 37.5. The van der Waals surface area contributed by atoms with Gasteiger partial charge in [0.05, 0.1) is 43.2 Å². The van der Waals surface area contributed by atoms with E-state index in [1.807, 2.05) is 13.8 Å². The fourth-order valence-electron chi connectivity index (χ4n) is 12.0. The number of fused-ring (bicyclic) bond motifs is 5. The number of nitroso groups, excluding NO2 is 2. The molecule has 2 aliphatic heterocycles. The van der Waals surface area contributed by atoms with Crippen LogP contribution in [0, 0.1) is 49.2 Å². The lowest BCUT2D eigenvalue weighted by Gasteiger charge is -2.66. The van der Waals surface area contributed by atoms with Crippen molar-refractivity contribution < 1.29 is 34.3 Å². The second-order valence-corrected chi connectivity index (χ2v) is 19.2. The zero-order chi connectivity index (χ0) is 37.0. The molecule has 0 aromatic carbocycles. The lowest BCUT2D eigenvalue weighted by Crippen LogP contribution is -2.59. The second kappa shape index (κ2) is 14.7. The van der Waals surface area contributed by atoms with Crippen molar-refractivity contribution in [2.75, 3.05) is 13.2 Å². The number of rotatable bonds is 12. The van der Waals surface area contributed by atoms with Gasteiger partial charge < -0.3 is 34.3 Å². The van der Waals surface area contributed by atoms with Crippen LogP contribution in [0.1, 0.15) is 132 Å². The Morgan fingerprint density at radius 3 is 2.39 bits per heavy atom. The number of aliphatic hydroxyl groups is 3. The van der Waals surface area contributed by atoms with E-state index in [1.165, 1.54) is 44.1 Å². The fourth-order valence-corrected chi connectivity index (χ4v) is 12.0. The van der Waals surface area contributed by atoms with E-state index in [0.29, 0.717) is 17.3 Å². The molecule has 11 heteroatoms. The first kappa shape index (κ1) is 39.4. The van der Waals surface area contributed by atoms with Crippen LogP contribution in [-0.2, 0) is 18.9 Å². The van der Waals surface area contributed by atoms with E-state index < -0.39 is 48.6 Å². The Balaban J connectivity index is 1.12. The molecule has 0 bridgehead atoms. The number of hydrogen-bond donors (Lipinski definition) is 3. The van der Waals surface area contributed by atoms with Crippen molar-refractivity contribution >= 4 is 0 Å². The largest absolute Gasteiger partial charge is 0.391 e. The number of hydrogen-bond acceptors (Lipinski definition) is 11. The van der Waals surface area contributed by atoms with Gasteiger partial charge in [-0.15, -0.1) is 0 Å². The molecule has 4 aliphatic carbocycles. The van der Waals surface area contributed by atoms with Gasteiger partial charge in [0, 0.05) is 18.3 Å². The van der Waals surface area contributed by atoms with Crippen molar-refractivity contribution in [1.82, 2.24) is 0 Å². The Labute approximate surface area is 304 Å². The molecule has 0 spiro atoms. The Morgan fingerprint density at radius 2 is 1.69 bits per heavy atom. The Hall–Kier alpha value is -1.34. The molecular weight excluding hydrogens is 652 g/mol. The lowest BCUT2D eigenvalue weighted by molar-refractivity contribution is -0.285. The minimum Gasteiger partial charge on any atom is -0.391 e. The maximum atomic E-state index is 12.0. The first-order chi connectivity index (χ1) is 24.0. The Morgan fingerprint density at radius 1 is 0.922 bits per heavy atom. The van der Waals surface area contributed by atoms with E-state index in [4.69, 9.17) is 18.9 Å². The maximum Gasteiger partial charge on any atom is 0.186 e. The standard InChI is InChI=1S/C40H66N2O9/c1-36(2,42-47)16-9-8-10-24-15-17-40(7)31-13-11-27-28(38(31,5)18-19-39(24,40)6)12-14-32(37(27,3)4)51-35-33(41-46)29(44)21-26(50-35)23-49-34-30(45)20-25(43)22-48-34/h11,24-26,28-35,43-45H,8-10,12-23H2,1-7H3/t24?,25-,26-,28?,29-,30+,31?,32-,33+,34+,35-,38-,39+,40-/m0/s1. The molecule has 2 heterocycles. The molecular formula is C40H66N2O9. The molecule has 2 saturated heterocycles. The highest BCUT2D eigenvalue weighted by atomic mass is 16.7. The summed E-state index contributed by atoms with van der Waals surface area (Å²) in [4.78, 5) is 23.2. The highest BCUT2D eigenvalue weighted by Crippen LogP contribution is 2.74. The quantitative estimate of drug-likeness (QED) is 0.108. The zero-order valence-corrected chi connectivity index (χ0v) is 32.2. The highest BCUT2D eigenvalue weighted by molar-refractivity contribution is 5.30. The van der Waals surface area contributed by atoms with Crippen molar-refractivity contribution in [2.45, 2.75) is 187 Å². The van der Waals surface area contributed by atoms with Crippen LogP contribution in [-0.4, -0.2) is 83.2 Å². The van der Waals surface area contributed by atoms with Gasteiger partial charge >= 0.3 is 0 Å². The third-order valence-corrected chi connectivity index (χ3v) is 15.5. The molecule has 6 rings (SSSR count). The van der Waals surface area contributed by atoms with Crippen molar-refractivity contribution in [1.29, 1.82) is 0 Å². The molecule has 3 unspecified atom stereocenters. The van der Waals surface area contributed by atoms with E-state index in [9.17, 15) is 25.1 Å². The first-order valence-electron chi connectivity index (χ1n) is 19.9. The molecule has 51 heavy (non-hydrogen) atoms. The van der Waals surface area contributed by atoms with Crippen LogP contribution >= 0.6 is 0 Å². The van der Waals surface area contributed by atoms with Crippen LogP contribution in [0.2, 0.25) is 0 Å². The number of aliphatic hydroxyl groups excluding tert-OH is 3. The Bertz CT molecular complexity index is 1290. The average molecular weight is 719 g/mol. The molecule has 0 radical (unpaired) electrons. The number of nitrogens with zero attached hydrogens (tertiary/aromatic N) is 2. The predicted molar refractivity (Wildman–Crippen MR) is 193 cm³/mol. The molecule has 0 aromatic rings. The van der Waals surface area contributed by atoms with Crippen molar-refractivity contribution in [3.63, 3.8) is 0 Å². The zero-order valence-electron chi connectivity index (χ0n) is 32.2. The van der Waals surface area contributed by atoms with Gasteiger partial charge in [0.25, 0.3) is 0 Å². The van der Waals surface area contributed by atoms with Crippen molar-refractivity contribution in [3.05, 3.63) is 21.5 Å². The van der Waals surface area contributed by atoms with E-state index in [-0.39, 0.29) is 48.4 Å². The van der Waals surface area contributed by atoms with Crippen molar-refractivity contribution in [2.24, 2.45) is 49.8 Å². The minimum absolute atomic E-state index is 0.0374.